The van der Waals surface area contributed by atoms with Crippen LogP contribution in [0, 0.1) is 0 Å². The Morgan fingerprint density at radius 2 is 2.20 bits per heavy atom. The predicted octanol–water partition coefficient (Wildman–Crippen LogP) is 2.99. The quantitative estimate of drug-likeness (QED) is 0.705. The lowest BCUT2D eigenvalue weighted by atomic mass is 10.1. The number of ether oxygens (including phenoxy) is 1. The molecule has 2 heteroatoms. The van der Waals surface area contributed by atoms with E-state index in [0.717, 1.165) is 42.7 Å². The lowest BCUT2D eigenvalue weighted by molar-refractivity contribution is 0.0994. The molecule has 2 nitrogen and oxygen atoms in total. The molecular weight excluding hydrogens is 188 g/mol. The number of unbranched alkanes of at least 4 members (excludes halogenated alkanes) is 1. The van der Waals surface area contributed by atoms with Crippen molar-refractivity contribution in [2.45, 2.75) is 32.6 Å². The van der Waals surface area contributed by atoms with Crippen LogP contribution in [0.4, 0.5) is 0 Å². The van der Waals surface area contributed by atoms with Crippen LogP contribution in [-0.2, 0) is 6.42 Å². The summed E-state index contributed by atoms with van der Waals surface area (Å²) in [5.74, 6) is 1.16. The van der Waals surface area contributed by atoms with Crippen LogP contribution in [-0.4, -0.2) is 12.4 Å². The molecule has 1 aromatic rings. The summed E-state index contributed by atoms with van der Waals surface area (Å²) in [7, 11) is 0. The van der Waals surface area contributed by atoms with Crippen molar-refractivity contribution in [1.82, 2.24) is 0 Å². The molecule has 1 aromatic carbocycles. The maximum absolute atomic E-state index is 11.5. The first kappa shape index (κ1) is 10.2. The third kappa shape index (κ3) is 2.04. The molecule has 80 valence electrons. The van der Waals surface area contributed by atoms with E-state index in [4.69, 9.17) is 4.74 Å². The van der Waals surface area contributed by atoms with Gasteiger partial charge in [0.05, 0.1) is 6.61 Å². The lowest BCUT2D eigenvalue weighted by Crippen LogP contribution is -2.00. The fourth-order valence-corrected chi connectivity index (χ4v) is 1.92. The van der Waals surface area contributed by atoms with E-state index in [2.05, 4.69) is 6.92 Å². The van der Waals surface area contributed by atoms with Gasteiger partial charge in [0.1, 0.15) is 5.75 Å². The monoisotopic (exact) mass is 204 g/mol. The number of Topliss-reactive ketones (excluding diaryl/α,β-unsaturated/α-hetero) is 1. The van der Waals surface area contributed by atoms with E-state index in [1.165, 1.54) is 0 Å². The first-order valence-electron chi connectivity index (χ1n) is 5.61. The zero-order chi connectivity index (χ0) is 10.7. The molecule has 0 atom stereocenters. The van der Waals surface area contributed by atoms with Crippen molar-refractivity contribution in [3.8, 4) is 5.75 Å². The Morgan fingerprint density at radius 3 is 3.00 bits per heavy atom. The molecule has 0 unspecified atom stereocenters. The SMILES string of the molecule is CCCCOc1cccc2c1CCC2=O. The van der Waals surface area contributed by atoms with Crippen LogP contribution in [0.3, 0.4) is 0 Å². The van der Waals surface area contributed by atoms with Crippen molar-refractivity contribution < 1.29 is 9.53 Å². The first-order chi connectivity index (χ1) is 7.33. The molecule has 1 aliphatic carbocycles. The third-order valence-corrected chi connectivity index (χ3v) is 2.79. The van der Waals surface area contributed by atoms with E-state index >= 15 is 0 Å². The molecule has 0 fully saturated rings. The molecule has 0 radical (unpaired) electrons. The number of hydrogen-bond donors (Lipinski definition) is 0. The van der Waals surface area contributed by atoms with Crippen LogP contribution in [0.5, 0.6) is 5.75 Å². The van der Waals surface area contributed by atoms with Crippen LogP contribution in [0.25, 0.3) is 0 Å². The van der Waals surface area contributed by atoms with Gasteiger partial charge in [-0.1, -0.05) is 25.5 Å². The molecule has 0 amide bonds. The Kier molecular flexibility index (Phi) is 3.05. The van der Waals surface area contributed by atoms with E-state index in [9.17, 15) is 4.79 Å². The van der Waals surface area contributed by atoms with Gasteiger partial charge in [-0.25, -0.2) is 0 Å². The summed E-state index contributed by atoms with van der Waals surface area (Å²) < 4.78 is 5.69. The highest BCUT2D eigenvalue weighted by Crippen LogP contribution is 2.30. The first-order valence-corrected chi connectivity index (χ1v) is 5.61. The fourth-order valence-electron chi connectivity index (χ4n) is 1.92. The molecule has 1 aliphatic rings. The second-order valence-electron chi connectivity index (χ2n) is 3.91. The van der Waals surface area contributed by atoms with E-state index in [1.807, 2.05) is 18.2 Å². The smallest absolute Gasteiger partial charge is 0.163 e. The van der Waals surface area contributed by atoms with Gasteiger partial charge in [-0.2, -0.15) is 0 Å². The van der Waals surface area contributed by atoms with Crippen LogP contribution in [0.15, 0.2) is 18.2 Å². The number of ketones is 1. The lowest BCUT2D eigenvalue weighted by Gasteiger charge is -2.09. The summed E-state index contributed by atoms with van der Waals surface area (Å²) >= 11 is 0. The molecule has 15 heavy (non-hydrogen) atoms. The molecule has 0 aliphatic heterocycles. The fraction of sp³-hybridized carbons (Fsp3) is 0.462. The summed E-state index contributed by atoms with van der Waals surface area (Å²) in [6.07, 6.45) is 3.69. The van der Waals surface area contributed by atoms with Crippen LogP contribution >= 0.6 is 0 Å². The number of carbonyl (C=O) groups is 1. The summed E-state index contributed by atoms with van der Waals surface area (Å²) in [6, 6.07) is 5.77. The minimum atomic E-state index is 0.256. The molecule has 0 saturated carbocycles. The van der Waals surface area contributed by atoms with E-state index < -0.39 is 0 Å². The van der Waals surface area contributed by atoms with Gasteiger partial charge >= 0.3 is 0 Å². The van der Waals surface area contributed by atoms with Crippen molar-refractivity contribution in [2.24, 2.45) is 0 Å². The Bertz CT molecular complexity index is 369. The molecule has 0 N–H and O–H groups in total. The standard InChI is InChI=1S/C13H16O2/c1-2-3-9-15-13-6-4-5-10-11(13)7-8-12(10)14/h4-6H,2-3,7-9H2,1H3. The third-order valence-electron chi connectivity index (χ3n) is 2.79. The molecule has 0 spiro atoms. The van der Waals surface area contributed by atoms with Crippen molar-refractivity contribution in [1.29, 1.82) is 0 Å². The van der Waals surface area contributed by atoms with Crippen molar-refractivity contribution in [3.63, 3.8) is 0 Å². The molecule has 0 heterocycles. The zero-order valence-corrected chi connectivity index (χ0v) is 9.08. The topological polar surface area (TPSA) is 26.3 Å². The average molecular weight is 204 g/mol. The van der Waals surface area contributed by atoms with Gasteiger partial charge in [0.15, 0.2) is 5.78 Å². The second-order valence-corrected chi connectivity index (χ2v) is 3.91. The number of rotatable bonds is 4. The van der Waals surface area contributed by atoms with E-state index in [0.29, 0.717) is 6.42 Å². The normalized spacial score (nSPS) is 14.1. The Balaban J connectivity index is 2.15. The van der Waals surface area contributed by atoms with Gasteiger partial charge < -0.3 is 4.74 Å². The van der Waals surface area contributed by atoms with Gasteiger partial charge in [-0.15, -0.1) is 0 Å². The molecule has 2 rings (SSSR count). The van der Waals surface area contributed by atoms with Crippen LogP contribution in [0.2, 0.25) is 0 Å². The molecule has 0 saturated heterocycles. The van der Waals surface area contributed by atoms with Crippen LogP contribution < -0.4 is 4.74 Å². The molecule has 0 bridgehead atoms. The zero-order valence-electron chi connectivity index (χ0n) is 9.08. The summed E-state index contributed by atoms with van der Waals surface area (Å²) in [5.41, 5.74) is 1.97. The minimum Gasteiger partial charge on any atom is -0.493 e. The average Bonchev–Trinajstić information content (AvgIpc) is 2.62. The summed E-state index contributed by atoms with van der Waals surface area (Å²) in [6.45, 7) is 2.89. The van der Waals surface area contributed by atoms with Gasteiger partial charge in [-0.05, 0) is 18.9 Å². The summed E-state index contributed by atoms with van der Waals surface area (Å²) in [5, 5.41) is 0. The van der Waals surface area contributed by atoms with E-state index in [-0.39, 0.29) is 5.78 Å². The predicted molar refractivity (Wildman–Crippen MR) is 59.5 cm³/mol. The van der Waals surface area contributed by atoms with Gasteiger partial charge in [0.2, 0.25) is 0 Å². The molecule has 0 aromatic heterocycles. The number of carbonyl (C=O) groups excluding carboxylic acids is 1. The highest BCUT2D eigenvalue weighted by Gasteiger charge is 2.22. The van der Waals surface area contributed by atoms with Gasteiger partial charge in [0, 0.05) is 17.5 Å². The maximum Gasteiger partial charge on any atom is 0.163 e. The van der Waals surface area contributed by atoms with Crippen molar-refractivity contribution in [2.75, 3.05) is 6.61 Å². The maximum atomic E-state index is 11.5. The molecular formula is C13H16O2. The number of fused-ring (bicyclic) bond motifs is 1. The van der Waals surface area contributed by atoms with Crippen LogP contribution in [0.1, 0.15) is 42.1 Å². The Labute approximate surface area is 90.3 Å². The number of benzene rings is 1. The summed E-state index contributed by atoms with van der Waals surface area (Å²) in [4.78, 5) is 11.5. The van der Waals surface area contributed by atoms with E-state index in [1.54, 1.807) is 0 Å². The second kappa shape index (κ2) is 4.47. The Hall–Kier alpha value is -1.31. The largest absolute Gasteiger partial charge is 0.493 e. The Morgan fingerprint density at radius 1 is 1.33 bits per heavy atom. The van der Waals surface area contributed by atoms with Gasteiger partial charge in [-0.3, -0.25) is 4.79 Å². The van der Waals surface area contributed by atoms with Crippen molar-refractivity contribution in [3.05, 3.63) is 29.3 Å². The number of hydrogen-bond acceptors (Lipinski definition) is 2. The highest BCUT2D eigenvalue weighted by atomic mass is 16.5. The minimum absolute atomic E-state index is 0.256. The van der Waals surface area contributed by atoms with Crippen molar-refractivity contribution >= 4 is 5.78 Å². The van der Waals surface area contributed by atoms with Gasteiger partial charge in [0.25, 0.3) is 0 Å². The highest BCUT2D eigenvalue weighted by molar-refractivity contribution is 6.01.